The van der Waals surface area contributed by atoms with Crippen LogP contribution in [0.3, 0.4) is 0 Å². The minimum absolute atomic E-state index is 0.0198. The van der Waals surface area contributed by atoms with Crippen LogP contribution in [0.5, 0.6) is 0 Å². The third kappa shape index (κ3) is 5.50. The van der Waals surface area contributed by atoms with Gasteiger partial charge in [-0.1, -0.05) is 25.0 Å². The summed E-state index contributed by atoms with van der Waals surface area (Å²) in [5, 5.41) is 0.663. The third-order valence-electron chi connectivity index (χ3n) is 6.08. The lowest BCUT2D eigenvalue weighted by atomic mass is 10.0. The molecule has 8 heteroatoms. The molecule has 2 aromatic heterocycles. The second kappa shape index (κ2) is 10.3. The van der Waals surface area contributed by atoms with Crippen LogP contribution < -0.4 is 5.43 Å². The number of rotatable bonds is 5. The number of benzene rings is 1. The predicted octanol–water partition coefficient (Wildman–Crippen LogP) is 3.91. The van der Waals surface area contributed by atoms with Gasteiger partial charge in [-0.25, -0.2) is 13.4 Å². The standard InChI is InChI=1S/C23H26N2O3S.C2H4O2/c1-15-8-13-20-22(26)21(14-17-9-11-19(12-10-17)29(3,27)28)16(2)25(23(20)24-15)18-6-4-5-7-18;1-4-2-3/h8-13,18H,4-7,14H2,1-3H3;2H,1H3. The molecule has 0 aliphatic heterocycles. The van der Waals surface area contributed by atoms with Crippen molar-refractivity contribution in [2.24, 2.45) is 0 Å². The Kier molecular flexibility index (Phi) is 7.68. The number of fused-ring (bicyclic) bond motifs is 1. The summed E-state index contributed by atoms with van der Waals surface area (Å²) in [6.07, 6.45) is 6.29. The van der Waals surface area contributed by atoms with E-state index in [2.05, 4.69) is 9.30 Å². The van der Waals surface area contributed by atoms with E-state index in [0.29, 0.717) is 29.2 Å². The lowest BCUT2D eigenvalue weighted by Gasteiger charge is -2.23. The molecule has 4 rings (SSSR count). The van der Waals surface area contributed by atoms with Crippen molar-refractivity contribution in [2.45, 2.75) is 56.9 Å². The Bertz CT molecular complexity index is 1310. The normalized spacial score (nSPS) is 14.1. The van der Waals surface area contributed by atoms with Gasteiger partial charge in [-0.2, -0.15) is 0 Å². The van der Waals surface area contributed by atoms with E-state index in [1.807, 2.05) is 26.0 Å². The summed E-state index contributed by atoms with van der Waals surface area (Å²) in [7, 11) is -1.92. The van der Waals surface area contributed by atoms with E-state index in [1.165, 1.54) is 26.2 Å². The third-order valence-corrected chi connectivity index (χ3v) is 7.21. The Morgan fingerprint density at radius 1 is 1.09 bits per heavy atom. The number of nitrogens with zero attached hydrogens (tertiary/aromatic N) is 2. The second-order valence-electron chi connectivity index (χ2n) is 8.45. The van der Waals surface area contributed by atoms with Gasteiger partial charge in [0.05, 0.1) is 17.4 Å². The van der Waals surface area contributed by atoms with Gasteiger partial charge >= 0.3 is 0 Å². The first-order chi connectivity index (χ1) is 15.7. The number of hydrogen-bond acceptors (Lipinski definition) is 6. The molecular formula is C25H30N2O5S. The van der Waals surface area contributed by atoms with Gasteiger partial charge in [0, 0.05) is 35.7 Å². The van der Waals surface area contributed by atoms with E-state index < -0.39 is 9.84 Å². The monoisotopic (exact) mass is 470 g/mol. The maximum absolute atomic E-state index is 13.3. The molecule has 0 spiro atoms. The van der Waals surface area contributed by atoms with Crippen molar-refractivity contribution in [1.29, 1.82) is 0 Å². The number of carbonyl (C=O) groups is 1. The van der Waals surface area contributed by atoms with Crippen LogP contribution >= 0.6 is 0 Å². The minimum atomic E-state index is -3.23. The summed E-state index contributed by atoms with van der Waals surface area (Å²) in [6, 6.07) is 11.0. The molecule has 7 nitrogen and oxygen atoms in total. The van der Waals surface area contributed by atoms with Crippen molar-refractivity contribution in [3.05, 3.63) is 69.1 Å². The van der Waals surface area contributed by atoms with Gasteiger partial charge in [0.25, 0.3) is 6.47 Å². The zero-order valence-corrected chi connectivity index (χ0v) is 20.3. The highest BCUT2D eigenvalue weighted by Gasteiger charge is 2.23. The molecule has 0 saturated heterocycles. The molecule has 0 unspecified atom stereocenters. The number of methoxy groups -OCH3 is 1. The highest BCUT2D eigenvalue weighted by Crippen LogP contribution is 2.33. The zero-order valence-electron chi connectivity index (χ0n) is 19.5. The van der Waals surface area contributed by atoms with Crippen LogP contribution in [0.1, 0.15) is 54.2 Å². The average molecular weight is 471 g/mol. The summed E-state index contributed by atoms with van der Waals surface area (Å²) in [4.78, 5) is 27.3. The van der Waals surface area contributed by atoms with Gasteiger partial charge < -0.3 is 9.30 Å². The molecule has 0 amide bonds. The Hall–Kier alpha value is -3.00. The molecule has 1 aliphatic rings. The second-order valence-corrected chi connectivity index (χ2v) is 10.5. The number of aromatic nitrogens is 2. The van der Waals surface area contributed by atoms with E-state index >= 15 is 0 Å². The van der Waals surface area contributed by atoms with E-state index in [-0.39, 0.29) is 5.43 Å². The van der Waals surface area contributed by atoms with Gasteiger partial charge in [-0.3, -0.25) is 9.59 Å². The van der Waals surface area contributed by atoms with Crippen LogP contribution in [-0.4, -0.2) is 37.8 Å². The van der Waals surface area contributed by atoms with Crippen LogP contribution in [0.15, 0.2) is 46.1 Å². The molecule has 1 saturated carbocycles. The van der Waals surface area contributed by atoms with Gasteiger partial charge in [-0.15, -0.1) is 0 Å². The molecule has 1 aromatic carbocycles. The number of carbonyl (C=O) groups excluding carboxylic acids is 1. The summed E-state index contributed by atoms with van der Waals surface area (Å²) in [6.45, 7) is 4.35. The van der Waals surface area contributed by atoms with Gasteiger partial charge in [0.15, 0.2) is 15.3 Å². The lowest BCUT2D eigenvalue weighted by Crippen LogP contribution is -2.22. The van der Waals surface area contributed by atoms with Crippen molar-refractivity contribution in [1.82, 2.24) is 9.55 Å². The molecule has 0 N–H and O–H groups in total. The lowest BCUT2D eigenvalue weighted by molar-refractivity contribution is -0.126. The largest absolute Gasteiger partial charge is 0.471 e. The molecule has 3 aromatic rings. The molecular weight excluding hydrogens is 440 g/mol. The predicted molar refractivity (Wildman–Crippen MR) is 128 cm³/mol. The maximum atomic E-state index is 13.3. The average Bonchev–Trinajstić information content (AvgIpc) is 3.31. The Morgan fingerprint density at radius 3 is 2.24 bits per heavy atom. The topological polar surface area (TPSA) is 95.3 Å². The highest BCUT2D eigenvalue weighted by molar-refractivity contribution is 7.90. The van der Waals surface area contributed by atoms with Gasteiger partial charge in [0.1, 0.15) is 5.65 Å². The number of ether oxygens (including phenoxy) is 1. The Labute approximate surface area is 194 Å². The van der Waals surface area contributed by atoms with Crippen LogP contribution in [0, 0.1) is 13.8 Å². The van der Waals surface area contributed by atoms with Crippen molar-refractivity contribution >= 4 is 27.3 Å². The molecule has 33 heavy (non-hydrogen) atoms. The summed E-state index contributed by atoms with van der Waals surface area (Å²) in [5.41, 5.74) is 4.38. The Balaban J connectivity index is 0.000000709. The first kappa shape index (κ1) is 24.6. The molecule has 176 valence electrons. The summed E-state index contributed by atoms with van der Waals surface area (Å²) in [5.74, 6) is 0. The van der Waals surface area contributed by atoms with E-state index in [9.17, 15) is 13.2 Å². The van der Waals surface area contributed by atoms with E-state index in [4.69, 9.17) is 9.78 Å². The fraction of sp³-hybridized carbons (Fsp3) is 0.400. The minimum Gasteiger partial charge on any atom is -0.471 e. The molecule has 0 atom stereocenters. The molecule has 1 aliphatic carbocycles. The SMILES string of the molecule is COC=O.Cc1ccc2c(=O)c(Cc3ccc(S(C)(=O)=O)cc3)c(C)n(C3CCCC3)c2n1. The number of pyridine rings is 2. The summed E-state index contributed by atoms with van der Waals surface area (Å²) < 4.78 is 29.6. The zero-order chi connectivity index (χ0) is 24.2. The van der Waals surface area contributed by atoms with Crippen LogP contribution in [0.4, 0.5) is 0 Å². The number of aryl methyl sites for hydroxylation is 1. The van der Waals surface area contributed by atoms with Crippen molar-refractivity contribution in [3.63, 3.8) is 0 Å². The van der Waals surface area contributed by atoms with Crippen LogP contribution in [0.25, 0.3) is 11.0 Å². The highest BCUT2D eigenvalue weighted by atomic mass is 32.2. The van der Waals surface area contributed by atoms with E-state index in [0.717, 1.165) is 41.0 Å². The van der Waals surface area contributed by atoms with Gasteiger partial charge in [-0.05, 0) is 56.5 Å². The fourth-order valence-electron chi connectivity index (χ4n) is 4.41. The van der Waals surface area contributed by atoms with Crippen molar-refractivity contribution < 1.29 is 17.9 Å². The van der Waals surface area contributed by atoms with Crippen LogP contribution in [0.2, 0.25) is 0 Å². The van der Waals surface area contributed by atoms with E-state index in [1.54, 1.807) is 24.3 Å². The smallest absolute Gasteiger partial charge is 0.292 e. The molecule has 0 bridgehead atoms. The molecule has 2 heterocycles. The quantitative estimate of drug-likeness (QED) is 0.525. The molecule has 1 fully saturated rings. The number of sulfone groups is 1. The van der Waals surface area contributed by atoms with Crippen molar-refractivity contribution in [2.75, 3.05) is 13.4 Å². The summed E-state index contributed by atoms with van der Waals surface area (Å²) >= 11 is 0. The molecule has 0 radical (unpaired) electrons. The first-order valence-electron chi connectivity index (χ1n) is 10.9. The van der Waals surface area contributed by atoms with Crippen molar-refractivity contribution in [3.8, 4) is 0 Å². The first-order valence-corrected chi connectivity index (χ1v) is 12.8. The van der Waals surface area contributed by atoms with Gasteiger partial charge in [0.2, 0.25) is 0 Å². The maximum Gasteiger partial charge on any atom is 0.292 e. The van der Waals surface area contributed by atoms with Crippen LogP contribution in [-0.2, 0) is 25.8 Å². The fourth-order valence-corrected chi connectivity index (χ4v) is 5.04. The Morgan fingerprint density at radius 2 is 1.70 bits per heavy atom. The number of hydrogen-bond donors (Lipinski definition) is 0.